The zero-order valence-corrected chi connectivity index (χ0v) is 11.0. The van der Waals surface area contributed by atoms with Gasteiger partial charge >= 0.3 is 6.18 Å². The average Bonchev–Trinajstić information content (AvgIpc) is 2.85. The van der Waals surface area contributed by atoms with Crippen molar-refractivity contribution >= 4 is 23.2 Å². The Hall–Kier alpha value is -1.57. The van der Waals surface area contributed by atoms with E-state index >= 15 is 0 Å². The van der Waals surface area contributed by atoms with Gasteiger partial charge in [-0.2, -0.15) is 13.2 Å². The van der Waals surface area contributed by atoms with E-state index in [2.05, 4.69) is 5.32 Å². The minimum absolute atomic E-state index is 0.314. The minimum Gasteiger partial charge on any atom is -0.344 e. The van der Waals surface area contributed by atoms with Gasteiger partial charge in [-0.25, -0.2) is 0 Å². The van der Waals surface area contributed by atoms with Crippen molar-refractivity contribution in [3.05, 3.63) is 22.4 Å². The highest BCUT2D eigenvalue weighted by Gasteiger charge is 2.28. The van der Waals surface area contributed by atoms with Crippen LogP contribution in [0.2, 0.25) is 0 Å². The van der Waals surface area contributed by atoms with Crippen LogP contribution < -0.4 is 5.32 Å². The van der Waals surface area contributed by atoms with Gasteiger partial charge in [0.25, 0.3) is 5.91 Å². The van der Waals surface area contributed by atoms with Crippen molar-refractivity contribution in [2.45, 2.75) is 12.6 Å². The second-order valence-electron chi connectivity index (χ2n) is 3.84. The summed E-state index contributed by atoms with van der Waals surface area (Å²) in [6, 6.07) is 3.29. The molecular weight excluding hydrogens is 281 g/mol. The summed E-state index contributed by atoms with van der Waals surface area (Å²) in [6.45, 7) is -0.734. The van der Waals surface area contributed by atoms with Crippen molar-refractivity contribution in [3.8, 4) is 0 Å². The Kier molecular flexibility index (Phi) is 5.34. The van der Waals surface area contributed by atoms with Crippen LogP contribution in [0.15, 0.2) is 17.5 Å². The Morgan fingerprint density at radius 3 is 2.63 bits per heavy atom. The predicted octanol–water partition coefficient (Wildman–Crippen LogP) is 1.89. The lowest BCUT2D eigenvalue weighted by Crippen LogP contribution is -2.39. The largest absolute Gasteiger partial charge is 0.390 e. The Morgan fingerprint density at radius 2 is 2.11 bits per heavy atom. The van der Waals surface area contributed by atoms with Gasteiger partial charge in [-0.15, -0.1) is 11.3 Å². The molecule has 4 nitrogen and oxygen atoms in total. The molecule has 19 heavy (non-hydrogen) atoms. The topological polar surface area (TPSA) is 49.4 Å². The van der Waals surface area contributed by atoms with Gasteiger partial charge in [0.15, 0.2) is 0 Å². The molecule has 2 amide bonds. The van der Waals surface area contributed by atoms with Crippen LogP contribution in [0.25, 0.3) is 0 Å². The van der Waals surface area contributed by atoms with Gasteiger partial charge in [0.2, 0.25) is 5.91 Å². The second kappa shape index (κ2) is 6.55. The number of nitrogens with one attached hydrogen (secondary N) is 1. The lowest BCUT2D eigenvalue weighted by molar-refractivity contribution is -0.143. The van der Waals surface area contributed by atoms with Crippen molar-refractivity contribution < 1.29 is 22.8 Å². The molecule has 0 aliphatic rings. The first-order chi connectivity index (χ1) is 8.79. The number of likely N-dealkylation sites (N-methyl/N-ethyl adjacent to an activating group) is 1. The molecule has 8 heteroatoms. The van der Waals surface area contributed by atoms with Crippen molar-refractivity contribution in [1.82, 2.24) is 10.2 Å². The molecule has 1 N–H and O–H groups in total. The Balaban J connectivity index is 2.33. The van der Waals surface area contributed by atoms with Crippen molar-refractivity contribution in [1.29, 1.82) is 0 Å². The average molecular weight is 294 g/mol. The number of halogens is 3. The summed E-state index contributed by atoms with van der Waals surface area (Å²) in [5, 5.41) is 4.08. The summed E-state index contributed by atoms with van der Waals surface area (Å²) in [6.07, 6.45) is -5.36. The fraction of sp³-hybridized carbons (Fsp3) is 0.455. The van der Waals surface area contributed by atoms with Crippen LogP contribution in [0.1, 0.15) is 16.1 Å². The highest BCUT2D eigenvalue weighted by molar-refractivity contribution is 7.12. The molecule has 0 spiro atoms. The van der Waals surface area contributed by atoms with E-state index in [0.29, 0.717) is 4.88 Å². The molecule has 1 aromatic rings. The number of carbonyl (C=O) groups is 2. The maximum atomic E-state index is 12.0. The first-order valence-electron chi connectivity index (χ1n) is 5.42. The number of hydrogen-bond acceptors (Lipinski definition) is 3. The molecule has 1 aromatic heterocycles. The molecule has 0 aromatic carbocycles. The summed E-state index contributed by atoms with van der Waals surface area (Å²) >= 11 is 1.22. The van der Waals surface area contributed by atoms with E-state index in [4.69, 9.17) is 0 Å². The van der Waals surface area contributed by atoms with Gasteiger partial charge in [-0.05, 0) is 11.4 Å². The summed E-state index contributed by atoms with van der Waals surface area (Å²) in [7, 11) is 1.27. The van der Waals surface area contributed by atoms with Gasteiger partial charge in [0.1, 0.15) is 0 Å². The van der Waals surface area contributed by atoms with E-state index in [1.54, 1.807) is 17.5 Å². The normalized spacial score (nSPS) is 11.2. The zero-order chi connectivity index (χ0) is 14.5. The van der Waals surface area contributed by atoms with Crippen molar-refractivity contribution in [2.24, 2.45) is 0 Å². The molecule has 1 rings (SSSR count). The molecule has 0 bridgehead atoms. The summed E-state index contributed by atoms with van der Waals surface area (Å²) in [5.74, 6) is -0.971. The second-order valence-corrected chi connectivity index (χ2v) is 4.79. The molecule has 0 aliphatic carbocycles. The molecule has 0 atom stereocenters. The number of nitrogens with zero attached hydrogens (tertiary/aromatic N) is 1. The van der Waals surface area contributed by atoms with E-state index in [0.717, 1.165) is 4.90 Å². The summed E-state index contributed by atoms with van der Waals surface area (Å²) in [5.41, 5.74) is 0. The first-order valence-corrected chi connectivity index (χ1v) is 6.30. The van der Waals surface area contributed by atoms with Crippen molar-refractivity contribution in [3.63, 3.8) is 0 Å². The third kappa shape index (κ3) is 5.73. The molecule has 0 unspecified atom stereocenters. The lowest BCUT2D eigenvalue weighted by atomic mass is 10.3. The van der Waals surface area contributed by atoms with Crippen LogP contribution in [0, 0.1) is 0 Å². The van der Waals surface area contributed by atoms with Crippen LogP contribution in [-0.4, -0.2) is 43.0 Å². The third-order valence-electron chi connectivity index (χ3n) is 2.30. The van der Waals surface area contributed by atoms with Gasteiger partial charge in [-0.3, -0.25) is 9.59 Å². The van der Waals surface area contributed by atoms with Gasteiger partial charge in [-0.1, -0.05) is 6.07 Å². The quantitative estimate of drug-likeness (QED) is 0.901. The Morgan fingerprint density at radius 1 is 1.42 bits per heavy atom. The molecule has 106 valence electrons. The van der Waals surface area contributed by atoms with E-state index in [-0.39, 0.29) is 6.54 Å². The number of carbonyl (C=O) groups excluding carboxylic acids is 2. The maximum absolute atomic E-state index is 12.0. The van der Waals surface area contributed by atoms with Crippen LogP contribution in [-0.2, 0) is 4.79 Å². The highest BCUT2D eigenvalue weighted by atomic mass is 32.1. The fourth-order valence-corrected chi connectivity index (χ4v) is 1.84. The smallest absolute Gasteiger partial charge is 0.344 e. The maximum Gasteiger partial charge on any atom is 0.390 e. The molecule has 0 saturated heterocycles. The van der Waals surface area contributed by atoms with Crippen molar-refractivity contribution in [2.75, 3.05) is 20.1 Å². The summed E-state index contributed by atoms with van der Waals surface area (Å²) < 4.78 is 35.9. The molecule has 0 fully saturated rings. The number of alkyl halides is 3. The fourth-order valence-electron chi connectivity index (χ4n) is 1.20. The van der Waals surface area contributed by atoms with Crippen LogP contribution >= 0.6 is 11.3 Å². The van der Waals surface area contributed by atoms with Crippen LogP contribution in [0.5, 0.6) is 0 Å². The van der Waals surface area contributed by atoms with Gasteiger partial charge in [0, 0.05) is 13.6 Å². The standard InChI is InChI=1S/C11H13F3N2O2S/c1-16(5-4-11(12,13)14)9(17)7-15-10(18)8-3-2-6-19-8/h2-3,6H,4-5,7H2,1H3,(H,15,18). The number of thiophene rings is 1. The highest BCUT2D eigenvalue weighted by Crippen LogP contribution is 2.19. The van der Waals surface area contributed by atoms with Gasteiger partial charge < -0.3 is 10.2 Å². The molecular formula is C11H13F3N2O2S. The third-order valence-corrected chi connectivity index (χ3v) is 3.17. The molecule has 0 radical (unpaired) electrons. The number of amides is 2. The predicted molar refractivity (Wildman–Crippen MR) is 65.0 cm³/mol. The van der Waals surface area contributed by atoms with E-state index in [1.807, 2.05) is 0 Å². The monoisotopic (exact) mass is 294 g/mol. The molecule has 0 saturated carbocycles. The van der Waals surface area contributed by atoms with Crippen LogP contribution in [0.3, 0.4) is 0 Å². The minimum atomic E-state index is -4.30. The molecule has 1 heterocycles. The van der Waals surface area contributed by atoms with Crippen LogP contribution in [0.4, 0.5) is 13.2 Å². The lowest BCUT2D eigenvalue weighted by Gasteiger charge is -2.18. The molecule has 0 aliphatic heterocycles. The number of hydrogen-bond donors (Lipinski definition) is 1. The Labute approximate surface area is 112 Å². The number of rotatable bonds is 5. The zero-order valence-electron chi connectivity index (χ0n) is 10.2. The van der Waals surface area contributed by atoms with E-state index < -0.39 is 31.0 Å². The Bertz CT molecular complexity index is 432. The first kappa shape index (κ1) is 15.5. The van der Waals surface area contributed by atoms with E-state index in [9.17, 15) is 22.8 Å². The summed E-state index contributed by atoms with van der Waals surface area (Å²) in [4.78, 5) is 24.4. The SMILES string of the molecule is CN(CCC(F)(F)F)C(=O)CNC(=O)c1cccs1. The van der Waals surface area contributed by atoms with E-state index in [1.165, 1.54) is 18.4 Å². The van der Waals surface area contributed by atoms with Gasteiger partial charge in [0.05, 0.1) is 17.8 Å².